The van der Waals surface area contributed by atoms with Gasteiger partial charge < -0.3 is 0 Å². The molecule has 1 heterocycles. The Morgan fingerprint density at radius 1 is 1.38 bits per heavy atom. The molecule has 3 rings (SSSR count). The van der Waals surface area contributed by atoms with E-state index in [0.717, 1.165) is 10.1 Å². The Hall–Kier alpha value is -1.40. The number of hydrogen-bond donors (Lipinski definition) is 0. The minimum absolute atomic E-state index is 0.159. The maximum atomic E-state index is 13.4. The predicted octanol–water partition coefficient (Wildman–Crippen LogP) is 4.18. The van der Waals surface area contributed by atoms with Crippen molar-refractivity contribution in [3.63, 3.8) is 0 Å². The summed E-state index contributed by atoms with van der Waals surface area (Å²) >= 11 is 1.58. The van der Waals surface area contributed by atoms with Gasteiger partial charge in [0.1, 0.15) is 11.9 Å². The second-order valence-corrected chi connectivity index (χ2v) is 5.17. The van der Waals surface area contributed by atoms with Crippen molar-refractivity contribution in [3.05, 3.63) is 34.5 Å². The number of rotatable bonds is 1. The third-order valence-electron chi connectivity index (χ3n) is 3.36. The number of thiophene rings is 1. The van der Waals surface area contributed by atoms with Crippen LogP contribution in [0, 0.1) is 17.1 Å². The van der Waals surface area contributed by atoms with Crippen LogP contribution in [0.2, 0.25) is 0 Å². The molecule has 3 heteroatoms. The Bertz CT molecular complexity index is 590. The summed E-state index contributed by atoms with van der Waals surface area (Å²) in [5.74, 6) is 0.225. The highest BCUT2D eigenvalue weighted by Gasteiger charge is 2.23. The van der Waals surface area contributed by atoms with Crippen molar-refractivity contribution in [3.8, 4) is 6.07 Å². The van der Waals surface area contributed by atoms with E-state index in [4.69, 9.17) is 5.26 Å². The molecule has 0 bridgehead atoms. The molecule has 1 nitrogen and oxygen atoms in total. The van der Waals surface area contributed by atoms with Gasteiger partial charge in [-0.05, 0) is 47.2 Å². The van der Waals surface area contributed by atoms with Crippen molar-refractivity contribution in [2.45, 2.75) is 25.2 Å². The molecule has 1 aromatic carbocycles. The molecule has 1 saturated carbocycles. The molecule has 0 aliphatic heterocycles. The molecule has 0 spiro atoms. The van der Waals surface area contributed by atoms with Gasteiger partial charge in [0.2, 0.25) is 0 Å². The summed E-state index contributed by atoms with van der Waals surface area (Å²) in [4.78, 5) is 0. The number of benzene rings is 1. The molecule has 0 atom stereocenters. The van der Waals surface area contributed by atoms with Crippen molar-refractivity contribution in [1.29, 1.82) is 5.26 Å². The number of hydrogen-bond acceptors (Lipinski definition) is 2. The second kappa shape index (κ2) is 3.57. The van der Waals surface area contributed by atoms with Crippen molar-refractivity contribution >= 4 is 21.4 Å². The van der Waals surface area contributed by atoms with Crippen molar-refractivity contribution in [1.82, 2.24) is 0 Å². The largest absolute Gasteiger partial charge is 0.205 e. The third-order valence-corrected chi connectivity index (χ3v) is 4.32. The van der Waals surface area contributed by atoms with Gasteiger partial charge in [-0.1, -0.05) is 6.42 Å². The number of fused-ring (bicyclic) bond motifs is 1. The topological polar surface area (TPSA) is 23.8 Å². The zero-order valence-corrected chi connectivity index (χ0v) is 9.48. The van der Waals surface area contributed by atoms with E-state index in [2.05, 4.69) is 5.38 Å². The fraction of sp³-hybridized carbons (Fsp3) is 0.308. The molecule has 1 fully saturated rings. The van der Waals surface area contributed by atoms with Crippen LogP contribution in [0.4, 0.5) is 4.39 Å². The molecule has 1 aliphatic carbocycles. The summed E-state index contributed by atoms with van der Waals surface area (Å²) < 4.78 is 14.4. The Kier molecular flexibility index (Phi) is 2.19. The van der Waals surface area contributed by atoms with Crippen molar-refractivity contribution in [2.75, 3.05) is 0 Å². The van der Waals surface area contributed by atoms with Crippen LogP contribution in [0.5, 0.6) is 0 Å². The lowest BCUT2D eigenvalue weighted by Gasteiger charge is -2.25. The number of halogens is 1. The van der Waals surface area contributed by atoms with E-state index in [1.807, 2.05) is 6.07 Å². The summed E-state index contributed by atoms with van der Waals surface area (Å²) in [6.07, 6.45) is 3.74. The van der Waals surface area contributed by atoms with Crippen LogP contribution in [0.1, 0.15) is 36.3 Å². The van der Waals surface area contributed by atoms with Crippen molar-refractivity contribution in [2.24, 2.45) is 0 Å². The smallest absolute Gasteiger partial charge is 0.142 e. The van der Waals surface area contributed by atoms with Crippen LogP contribution in [0.15, 0.2) is 17.5 Å². The lowest BCUT2D eigenvalue weighted by atomic mass is 9.80. The molecule has 0 amide bonds. The first-order valence-electron chi connectivity index (χ1n) is 5.40. The quantitative estimate of drug-likeness (QED) is 0.722. The minimum atomic E-state index is -0.406. The van der Waals surface area contributed by atoms with E-state index in [0.29, 0.717) is 5.92 Å². The van der Waals surface area contributed by atoms with Gasteiger partial charge in [0, 0.05) is 4.70 Å². The maximum Gasteiger partial charge on any atom is 0.142 e. The van der Waals surface area contributed by atoms with Gasteiger partial charge in [-0.15, -0.1) is 11.3 Å². The zero-order valence-electron chi connectivity index (χ0n) is 8.66. The van der Waals surface area contributed by atoms with Crippen molar-refractivity contribution < 1.29 is 4.39 Å². The molecule has 0 unspecified atom stereocenters. The molecular formula is C13H10FNS. The fourth-order valence-electron chi connectivity index (χ4n) is 2.19. The van der Waals surface area contributed by atoms with Gasteiger partial charge >= 0.3 is 0 Å². The minimum Gasteiger partial charge on any atom is -0.205 e. The highest BCUT2D eigenvalue weighted by Crippen LogP contribution is 2.42. The van der Waals surface area contributed by atoms with E-state index in [9.17, 15) is 4.39 Å². The van der Waals surface area contributed by atoms with Gasteiger partial charge in [0.15, 0.2) is 0 Å². The van der Waals surface area contributed by atoms with Crippen LogP contribution >= 0.6 is 11.3 Å². The Balaban J connectivity index is 2.21. The van der Waals surface area contributed by atoms with Gasteiger partial charge in [0.05, 0.1) is 5.56 Å². The van der Waals surface area contributed by atoms with E-state index >= 15 is 0 Å². The summed E-state index contributed by atoms with van der Waals surface area (Å²) in [6, 6.07) is 5.10. The first-order valence-corrected chi connectivity index (χ1v) is 6.28. The second-order valence-electron chi connectivity index (χ2n) is 4.26. The van der Waals surface area contributed by atoms with Crippen LogP contribution < -0.4 is 0 Å². The Labute approximate surface area is 97.1 Å². The number of nitriles is 1. The van der Waals surface area contributed by atoms with E-state index < -0.39 is 5.82 Å². The predicted molar refractivity (Wildman–Crippen MR) is 63.1 cm³/mol. The first-order chi connectivity index (χ1) is 7.79. The molecule has 0 N–H and O–H groups in total. The molecular weight excluding hydrogens is 221 g/mol. The van der Waals surface area contributed by atoms with Crippen LogP contribution in [0.3, 0.4) is 0 Å². The van der Waals surface area contributed by atoms with Crippen LogP contribution in [-0.4, -0.2) is 0 Å². The molecule has 80 valence electrons. The Morgan fingerprint density at radius 3 is 2.81 bits per heavy atom. The molecule has 0 saturated heterocycles. The Morgan fingerprint density at radius 2 is 2.19 bits per heavy atom. The zero-order chi connectivity index (χ0) is 11.1. The van der Waals surface area contributed by atoms with E-state index in [-0.39, 0.29) is 5.56 Å². The lowest BCUT2D eigenvalue weighted by Crippen LogP contribution is -2.07. The van der Waals surface area contributed by atoms with Gasteiger partial charge in [-0.3, -0.25) is 0 Å². The summed E-state index contributed by atoms with van der Waals surface area (Å²) in [7, 11) is 0. The average molecular weight is 231 g/mol. The molecule has 2 aromatic rings. The molecule has 1 aliphatic rings. The number of nitrogens with zero attached hydrogens (tertiary/aromatic N) is 1. The highest BCUT2D eigenvalue weighted by molar-refractivity contribution is 7.17. The van der Waals surface area contributed by atoms with Gasteiger partial charge in [-0.2, -0.15) is 5.26 Å². The molecule has 16 heavy (non-hydrogen) atoms. The van der Waals surface area contributed by atoms with E-state index in [1.54, 1.807) is 17.4 Å². The van der Waals surface area contributed by atoms with Crippen LogP contribution in [-0.2, 0) is 0 Å². The fourth-order valence-corrected chi connectivity index (χ4v) is 3.24. The van der Waals surface area contributed by atoms with Gasteiger partial charge in [0.25, 0.3) is 0 Å². The summed E-state index contributed by atoms with van der Waals surface area (Å²) in [5, 5.41) is 12.0. The van der Waals surface area contributed by atoms with Gasteiger partial charge in [-0.25, -0.2) is 4.39 Å². The maximum absolute atomic E-state index is 13.4. The summed E-state index contributed by atoms with van der Waals surface area (Å²) in [5.41, 5.74) is 1.47. The normalized spacial score (nSPS) is 16.0. The SMILES string of the molecule is N#Cc1cc2c(C3CCC3)csc2cc1F. The third kappa shape index (κ3) is 1.34. The summed E-state index contributed by atoms with van der Waals surface area (Å²) in [6.45, 7) is 0. The highest BCUT2D eigenvalue weighted by atomic mass is 32.1. The molecule has 0 radical (unpaired) electrons. The van der Waals surface area contributed by atoms with E-state index in [1.165, 1.54) is 30.9 Å². The standard InChI is InChI=1S/C13H10FNS/c14-12-5-13-10(4-9(12)6-15)11(7-16-13)8-2-1-3-8/h4-5,7-8H,1-3H2. The first kappa shape index (κ1) is 9.80. The van der Waals surface area contributed by atoms with Crippen LogP contribution in [0.25, 0.3) is 10.1 Å². The average Bonchev–Trinajstić information content (AvgIpc) is 2.58. The monoisotopic (exact) mass is 231 g/mol. The lowest BCUT2D eigenvalue weighted by molar-refractivity contribution is 0.423. The molecule has 1 aromatic heterocycles.